The molecule has 0 fully saturated rings. The van der Waals surface area contributed by atoms with E-state index in [1.807, 2.05) is 0 Å². The van der Waals surface area contributed by atoms with Gasteiger partial charge in [-0.3, -0.25) is 4.57 Å². The highest BCUT2D eigenvalue weighted by atomic mass is 35.5. The van der Waals surface area contributed by atoms with E-state index >= 15 is 0 Å². The summed E-state index contributed by atoms with van der Waals surface area (Å²) in [5.41, 5.74) is 0.690. The third kappa shape index (κ3) is 3.45. The summed E-state index contributed by atoms with van der Waals surface area (Å²) in [7, 11) is 1.67. The molecule has 0 aliphatic rings. The molecule has 2 aromatic rings. The fraction of sp³-hybridized carbons (Fsp3) is 0.308. The number of anilines is 1. The standard InChI is InChI=1S/C13H15ClFN3O/c1-19-8-2-5-16-13-17-6-7-18(13)12-4-3-10(15)9-11(12)14/h3-4,6-7,9H,2,5,8H2,1H3,(H,16,17). The highest BCUT2D eigenvalue weighted by Gasteiger charge is 2.08. The van der Waals surface area contributed by atoms with Gasteiger partial charge >= 0.3 is 0 Å². The Morgan fingerprint density at radius 3 is 3.05 bits per heavy atom. The molecule has 0 saturated heterocycles. The summed E-state index contributed by atoms with van der Waals surface area (Å²) in [6, 6.07) is 4.28. The van der Waals surface area contributed by atoms with Crippen molar-refractivity contribution in [1.29, 1.82) is 0 Å². The van der Waals surface area contributed by atoms with E-state index in [2.05, 4.69) is 10.3 Å². The molecule has 1 aromatic heterocycles. The number of nitrogens with one attached hydrogen (secondary N) is 1. The zero-order valence-corrected chi connectivity index (χ0v) is 11.3. The topological polar surface area (TPSA) is 39.1 Å². The van der Waals surface area contributed by atoms with Gasteiger partial charge in [-0.05, 0) is 24.6 Å². The van der Waals surface area contributed by atoms with Gasteiger partial charge in [-0.1, -0.05) is 11.6 Å². The monoisotopic (exact) mass is 283 g/mol. The summed E-state index contributed by atoms with van der Waals surface area (Å²) < 4.78 is 19.8. The van der Waals surface area contributed by atoms with Crippen LogP contribution in [0.15, 0.2) is 30.6 Å². The first-order valence-corrected chi connectivity index (χ1v) is 6.31. The molecule has 0 radical (unpaired) electrons. The van der Waals surface area contributed by atoms with E-state index in [1.54, 1.807) is 30.1 Å². The molecule has 0 spiro atoms. The minimum Gasteiger partial charge on any atom is -0.385 e. The summed E-state index contributed by atoms with van der Waals surface area (Å²) in [5.74, 6) is 0.313. The average molecular weight is 284 g/mol. The maximum atomic E-state index is 13.0. The van der Waals surface area contributed by atoms with Gasteiger partial charge in [0.15, 0.2) is 0 Å². The van der Waals surface area contributed by atoms with Crippen LogP contribution >= 0.6 is 11.6 Å². The lowest BCUT2D eigenvalue weighted by atomic mass is 10.3. The van der Waals surface area contributed by atoms with Crippen molar-refractivity contribution < 1.29 is 9.13 Å². The first-order valence-electron chi connectivity index (χ1n) is 5.94. The molecule has 4 nitrogen and oxygen atoms in total. The molecule has 0 atom stereocenters. The van der Waals surface area contributed by atoms with Crippen molar-refractivity contribution in [2.45, 2.75) is 6.42 Å². The van der Waals surface area contributed by atoms with Gasteiger partial charge in [0.25, 0.3) is 0 Å². The Hall–Kier alpha value is -1.59. The van der Waals surface area contributed by atoms with Gasteiger partial charge in [-0.2, -0.15) is 0 Å². The molecular formula is C13H15ClFN3O. The summed E-state index contributed by atoms with van der Waals surface area (Å²) in [6.45, 7) is 1.43. The van der Waals surface area contributed by atoms with Crippen LogP contribution in [0.3, 0.4) is 0 Å². The minimum absolute atomic E-state index is 0.345. The van der Waals surface area contributed by atoms with Crippen molar-refractivity contribution >= 4 is 17.5 Å². The Morgan fingerprint density at radius 2 is 2.32 bits per heavy atom. The predicted octanol–water partition coefficient (Wildman–Crippen LogP) is 3.11. The van der Waals surface area contributed by atoms with Crippen LogP contribution in [-0.2, 0) is 4.74 Å². The van der Waals surface area contributed by atoms with Gasteiger partial charge in [-0.25, -0.2) is 9.37 Å². The SMILES string of the molecule is COCCCNc1nccn1-c1ccc(F)cc1Cl. The van der Waals surface area contributed by atoms with Gasteiger partial charge in [0.2, 0.25) is 5.95 Å². The summed E-state index contributed by atoms with van der Waals surface area (Å²) >= 11 is 6.04. The first-order chi connectivity index (χ1) is 9.22. The molecule has 0 bridgehead atoms. The zero-order chi connectivity index (χ0) is 13.7. The van der Waals surface area contributed by atoms with E-state index in [0.29, 0.717) is 23.3 Å². The van der Waals surface area contributed by atoms with E-state index in [4.69, 9.17) is 16.3 Å². The number of aromatic nitrogens is 2. The molecule has 19 heavy (non-hydrogen) atoms. The van der Waals surface area contributed by atoms with E-state index in [1.165, 1.54) is 12.1 Å². The van der Waals surface area contributed by atoms with Crippen LogP contribution in [-0.4, -0.2) is 29.8 Å². The van der Waals surface area contributed by atoms with Crippen molar-refractivity contribution in [2.24, 2.45) is 0 Å². The number of halogens is 2. The molecule has 0 aliphatic carbocycles. The number of imidazole rings is 1. The number of methoxy groups -OCH3 is 1. The van der Waals surface area contributed by atoms with Gasteiger partial charge in [0.1, 0.15) is 5.82 Å². The lowest BCUT2D eigenvalue weighted by Crippen LogP contribution is -2.09. The van der Waals surface area contributed by atoms with Gasteiger partial charge in [0, 0.05) is 32.7 Å². The largest absolute Gasteiger partial charge is 0.385 e. The zero-order valence-electron chi connectivity index (χ0n) is 10.6. The Labute approximate surface area is 116 Å². The molecule has 0 unspecified atom stereocenters. The molecule has 1 N–H and O–H groups in total. The molecule has 1 heterocycles. The number of hydrogen-bond donors (Lipinski definition) is 1. The highest BCUT2D eigenvalue weighted by molar-refractivity contribution is 6.32. The second-order valence-electron chi connectivity index (χ2n) is 3.99. The molecule has 0 aliphatic heterocycles. The van der Waals surface area contributed by atoms with E-state index in [9.17, 15) is 4.39 Å². The predicted molar refractivity (Wildman–Crippen MR) is 73.5 cm³/mol. The van der Waals surface area contributed by atoms with Crippen LogP contribution in [0.2, 0.25) is 5.02 Å². The second-order valence-corrected chi connectivity index (χ2v) is 4.40. The molecular weight excluding hydrogens is 269 g/mol. The quantitative estimate of drug-likeness (QED) is 0.828. The minimum atomic E-state index is -0.358. The summed E-state index contributed by atoms with van der Waals surface area (Å²) in [5, 5.41) is 3.53. The fourth-order valence-electron chi connectivity index (χ4n) is 1.72. The van der Waals surface area contributed by atoms with Crippen LogP contribution in [0.5, 0.6) is 0 Å². The smallest absolute Gasteiger partial charge is 0.207 e. The van der Waals surface area contributed by atoms with E-state index in [-0.39, 0.29) is 5.82 Å². The number of benzene rings is 1. The van der Waals surface area contributed by atoms with Gasteiger partial charge in [-0.15, -0.1) is 0 Å². The lowest BCUT2D eigenvalue weighted by Gasteiger charge is -2.11. The average Bonchev–Trinajstić information content (AvgIpc) is 2.83. The lowest BCUT2D eigenvalue weighted by molar-refractivity contribution is 0.197. The van der Waals surface area contributed by atoms with Crippen LogP contribution in [0.25, 0.3) is 5.69 Å². The third-order valence-electron chi connectivity index (χ3n) is 2.62. The fourth-order valence-corrected chi connectivity index (χ4v) is 1.98. The highest BCUT2D eigenvalue weighted by Crippen LogP contribution is 2.24. The van der Waals surface area contributed by atoms with Crippen LogP contribution < -0.4 is 5.32 Å². The molecule has 6 heteroatoms. The van der Waals surface area contributed by atoms with Crippen molar-refractivity contribution in [2.75, 3.05) is 25.6 Å². The molecule has 2 rings (SSSR count). The number of rotatable bonds is 6. The third-order valence-corrected chi connectivity index (χ3v) is 2.92. The Bertz CT molecular complexity index is 544. The normalized spacial score (nSPS) is 10.7. The Morgan fingerprint density at radius 1 is 1.47 bits per heavy atom. The summed E-state index contributed by atoms with van der Waals surface area (Å²) in [4.78, 5) is 4.21. The molecule has 0 amide bonds. The number of hydrogen-bond acceptors (Lipinski definition) is 3. The van der Waals surface area contributed by atoms with Crippen LogP contribution in [0, 0.1) is 5.82 Å². The van der Waals surface area contributed by atoms with Gasteiger partial charge < -0.3 is 10.1 Å². The van der Waals surface area contributed by atoms with Crippen molar-refractivity contribution in [1.82, 2.24) is 9.55 Å². The van der Waals surface area contributed by atoms with Gasteiger partial charge in [0.05, 0.1) is 10.7 Å². The number of ether oxygens (including phenoxy) is 1. The Kier molecular flexibility index (Phi) is 4.76. The molecule has 102 valence electrons. The van der Waals surface area contributed by atoms with Crippen molar-refractivity contribution in [3.05, 3.63) is 41.4 Å². The van der Waals surface area contributed by atoms with Crippen molar-refractivity contribution in [3.63, 3.8) is 0 Å². The molecule has 1 aromatic carbocycles. The van der Waals surface area contributed by atoms with Crippen molar-refractivity contribution in [3.8, 4) is 5.69 Å². The van der Waals surface area contributed by atoms with E-state index in [0.717, 1.165) is 13.0 Å². The number of nitrogens with zero attached hydrogens (tertiary/aromatic N) is 2. The maximum Gasteiger partial charge on any atom is 0.207 e. The molecule has 0 saturated carbocycles. The van der Waals surface area contributed by atoms with Crippen LogP contribution in [0.1, 0.15) is 6.42 Å². The van der Waals surface area contributed by atoms with E-state index < -0.39 is 0 Å². The van der Waals surface area contributed by atoms with Crippen LogP contribution in [0.4, 0.5) is 10.3 Å². The Balaban J connectivity index is 2.14. The first kappa shape index (κ1) is 13.8. The maximum absolute atomic E-state index is 13.0. The second kappa shape index (κ2) is 6.54. The summed E-state index contributed by atoms with van der Waals surface area (Å²) in [6.07, 6.45) is 4.32.